The lowest BCUT2D eigenvalue weighted by Gasteiger charge is -2.05. The Bertz CT molecular complexity index is 957. The van der Waals surface area contributed by atoms with Crippen molar-refractivity contribution in [3.8, 4) is 0 Å². The Labute approximate surface area is 147 Å². The summed E-state index contributed by atoms with van der Waals surface area (Å²) in [6, 6.07) is 11.9. The summed E-state index contributed by atoms with van der Waals surface area (Å²) in [5.41, 5.74) is 1.07. The number of hydrogen-bond acceptors (Lipinski definition) is 3. The first-order valence-electron chi connectivity index (χ1n) is 7.89. The predicted octanol–water partition coefficient (Wildman–Crippen LogP) is 5.11. The Morgan fingerprint density at radius 1 is 1.15 bits per heavy atom. The van der Waals surface area contributed by atoms with Gasteiger partial charge < -0.3 is 9.72 Å². The van der Waals surface area contributed by atoms with Crippen LogP contribution in [0, 0.1) is 0 Å². The van der Waals surface area contributed by atoms with Gasteiger partial charge in [0.15, 0.2) is 5.69 Å². The average molecular weight is 360 g/mol. The SMILES string of the molecule is CCOC(=O)c1[nH]c2ccccc2c1N=Cc1ccc(C(F)(F)F)cc1. The number of rotatable bonds is 4. The molecule has 0 atom stereocenters. The molecule has 0 aliphatic rings. The van der Waals surface area contributed by atoms with Crippen LogP contribution in [0.2, 0.25) is 0 Å². The number of halogens is 3. The number of aromatic nitrogens is 1. The number of esters is 1. The smallest absolute Gasteiger partial charge is 0.416 e. The number of nitrogens with zero attached hydrogens (tertiary/aromatic N) is 1. The normalized spacial score (nSPS) is 12.0. The summed E-state index contributed by atoms with van der Waals surface area (Å²) in [5, 5.41) is 0.721. The molecule has 3 rings (SSSR count). The molecule has 1 aromatic heterocycles. The maximum absolute atomic E-state index is 12.6. The van der Waals surface area contributed by atoms with E-state index in [4.69, 9.17) is 4.74 Å². The number of carbonyl (C=O) groups is 1. The van der Waals surface area contributed by atoms with E-state index in [9.17, 15) is 18.0 Å². The summed E-state index contributed by atoms with van der Waals surface area (Å²) in [6.07, 6.45) is -2.97. The van der Waals surface area contributed by atoms with E-state index in [0.29, 0.717) is 11.3 Å². The third kappa shape index (κ3) is 3.61. The summed E-state index contributed by atoms with van der Waals surface area (Å²) in [5.74, 6) is -0.539. The van der Waals surface area contributed by atoms with Gasteiger partial charge in [0.25, 0.3) is 0 Å². The highest BCUT2D eigenvalue weighted by Crippen LogP contribution is 2.31. The molecular formula is C19H15F3N2O2. The molecule has 0 aliphatic heterocycles. The zero-order chi connectivity index (χ0) is 18.7. The van der Waals surface area contributed by atoms with Crippen LogP contribution in [-0.2, 0) is 10.9 Å². The lowest BCUT2D eigenvalue weighted by molar-refractivity contribution is -0.137. The lowest BCUT2D eigenvalue weighted by atomic mass is 10.1. The minimum atomic E-state index is -4.39. The van der Waals surface area contributed by atoms with E-state index in [1.807, 2.05) is 12.1 Å². The average Bonchev–Trinajstić information content (AvgIpc) is 2.98. The van der Waals surface area contributed by atoms with Gasteiger partial charge >= 0.3 is 12.1 Å². The Hall–Kier alpha value is -3.09. The molecule has 1 N–H and O–H groups in total. The van der Waals surface area contributed by atoms with Crippen molar-refractivity contribution in [2.45, 2.75) is 13.1 Å². The van der Waals surface area contributed by atoms with Crippen LogP contribution in [0.4, 0.5) is 18.9 Å². The number of benzene rings is 2. The molecule has 0 fully saturated rings. The van der Waals surface area contributed by atoms with Crippen LogP contribution >= 0.6 is 0 Å². The summed E-state index contributed by atoms with van der Waals surface area (Å²) >= 11 is 0. The van der Waals surface area contributed by atoms with Crippen LogP contribution in [0.15, 0.2) is 53.5 Å². The molecule has 3 aromatic rings. The van der Waals surface area contributed by atoms with Crippen LogP contribution in [0.3, 0.4) is 0 Å². The summed E-state index contributed by atoms with van der Waals surface area (Å²) in [6.45, 7) is 1.92. The number of H-pyrrole nitrogens is 1. The number of fused-ring (bicyclic) bond motifs is 1. The standard InChI is InChI=1S/C19H15F3N2O2/c1-2-26-18(25)17-16(14-5-3-4-6-15(14)24-17)23-11-12-7-9-13(10-8-12)19(20,21)22/h3-11,24H,2H2,1H3. The predicted molar refractivity (Wildman–Crippen MR) is 93.0 cm³/mol. The fraction of sp³-hybridized carbons (Fsp3) is 0.158. The molecule has 0 saturated carbocycles. The third-order valence-electron chi connectivity index (χ3n) is 3.74. The Morgan fingerprint density at radius 3 is 2.50 bits per heavy atom. The molecule has 0 amide bonds. The molecule has 0 aliphatic carbocycles. The number of aromatic amines is 1. The van der Waals surface area contributed by atoms with E-state index in [0.717, 1.165) is 23.0 Å². The summed E-state index contributed by atoms with van der Waals surface area (Å²) in [4.78, 5) is 19.4. The largest absolute Gasteiger partial charge is 0.461 e. The van der Waals surface area contributed by atoms with Crippen molar-refractivity contribution in [3.63, 3.8) is 0 Å². The first kappa shape index (κ1) is 17.7. The molecule has 0 radical (unpaired) electrons. The van der Waals surface area contributed by atoms with Gasteiger partial charge in [-0.15, -0.1) is 0 Å². The number of ether oxygens (including phenoxy) is 1. The first-order valence-corrected chi connectivity index (χ1v) is 7.89. The van der Waals surface area contributed by atoms with E-state index >= 15 is 0 Å². The maximum Gasteiger partial charge on any atom is 0.416 e. The molecular weight excluding hydrogens is 345 g/mol. The first-order chi connectivity index (χ1) is 12.4. The molecule has 26 heavy (non-hydrogen) atoms. The van der Waals surface area contributed by atoms with E-state index in [2.05, 4.69) is 9.98 Å². The minimum absolute atomic E-state index is 0.205. The van der Waals surface area contributed by atoms with Crippen molar-refractivity contribution >= 4 is 28.8 Å². The molecule has 7 heteroatoms. The molecule has 0 bridgehead atoms. The van der Waals surface area contributed by atoms with E-state index < -0.39 is 17.7 Å². The van der Waals surface area contributed by atoms with Gasteiger partial charge in [0.05, 0.1) is 12.2 Å². The van der Waals surface area contributed by atoms with Gasteiger partial charge in [0.1, 0.15) is 5.69 Å². The number of para-hydroxylation sites is 1. The lowest BCUT2D eigenvalue weighted by Crippen LogP contribution is -2.05. The van der Waals surface area contributed by atoms with E-state index in [1.54, 1.807) is 19.1 Å². The van der Waals surface area contributed by atoms with Gasteiger partial charge in [-0.2, -0.15) is 13.2 Å². The second kappa shape index (κ2) is 7.03. The maximum atomic E-state index is 12.6. The number of alkyl halides is 3. The van der Waals surface area contributed by atoms with Gasteiger partial charge in [-0.1, -0.05) is 30.3 Å². The van der Waals surface area contributed by atoms with E-state index in [1.165, 1.54) is 18.3 Å². The highest BCUT2D eigenvalue weighted by Gasteiger charge is 2.29. The van der Waals surface area contributed by atoms with Crippen molar-refractivity contribution in [1.82, 2.24) is 4.98 Å². The fourth-order valence-electron chi connectivity index (χ4n) is 2.51. The zero-order valence-electron chi connectivity index (χ0n) is 13.8. The molecule has 0 unspecified atom stereocenters. The monoisotopic (exact) mass is 360 g/mol. The molecule has 0 spiro atoms. The molecule has 0 saturated heterocycles. The van der Waals surface area contributed by atoms with Crippen molar-refractivity contribution in [3.05, 3.63) is 65.4 Å². The van der Waals surface area contributed by atoms with E-state index in [-0.39, 0.29) is 12.3 Å². The van der Waals surface area contributed by atoms with Gasteiger partial charge in [0, 0.05) is 17.1 Å². The fourth-order valence-corrected chi connectivity index (χ4v) is 2.51. The second-order valence-corrected chi connectivity index (χ2v) is 5.49. The third-order valence-corrected chi connectivity index (χ3v) is 3.74. The van der Waals surface area contributed by atoms with Crippen LogP contribution in [0.5, 0.6) is 0 Å². The molecule has 1 heterocycles. The Morgan fingerprint density at radius 2 is 1.85 bits per heavy atom. The number of carbonyl (C=O) groups excluding carboxylic acids is 1. The molecule has 2 aromatic carbocycles. The van der Waals surface area contributed by atoms with Gasteiger partial charge in [-0.05, 0) is 30.7 Å². The van der Waals surface area contributed by atoms with Crippen molar-refractivity contribution in [1.29, 1.82) is 0 Å². The number of hydrogen-bond donors (Lipinski definition) is 1. The molecule has 4 nitrogen and oxygen atoms in total. The van der Waals surface area contributed by atoms with Crippen molar-refractivity contribution < 1.29 is 22.7 Å². The van der Waals surface area contributed by atoms with Gasteiger partial charge in [-0.25, -0.2) is 4.79 Å². The van der Waals surface area contributed by atoms with Crippen molar-refractivity contribution in [2.24, 2.45) is 4.99 Å². The zero-order valence-corrected chi connectivity index (χ0v) is 13.8. The summed E-state index contributed by atoms with van der Waals surface area (Å²) in [7, 11) is 0. The Kier molecular flexibility index (Phi) is 4.79. The number of aliphatic imine (C=N–C) groups is 1. The van der Waals surface area contributed by atoms with Crippen LogP contribution in [0.25, 0.3) is 10.9 Å². The minimum Gasteiger partial charge on any atom is -0.461 e. The summed E-state index contributed by atoms with van der Waals surface area (Å²) < 4.78 is 42.9. The highest BCUT2D eigenvalue weighted by atomic mass is 19.4. The highest BCUT2D eigenvalue weighted by molar-refractivity contribution is 6.06. The number of nitrogens with one attached hydrogen (secondary N) is 1. The van der Waals surface area contributed by atoms with Crippen LogP contribution in [0.1, 0.15) is 28.5 Å². The topological polar surface area (TPSA) is 54.5 Å². The van der Waals surface area contributed by atoms with Crippen LogP contribution in [-0.4, -0.2) is 23.8 Å². The van der Waals surface area contributed by atoms with Gasteiger partial charge in [-0.3, -0.25) is 4.99 Å². The second-order valence-electron chi connectivity index (χ2n) is 5.49. The van der Waals surface area contributed by atoms with Gasteiger partial charge in [0.2, 0.25) is 0 Å². The molecule has 134 valence electrons. The van der Waals surface area contributed by atoms with Crippen LogP contribution < -0.4 is 0 Å². The Balaban J connectivity index is 1.98. The van der Waals surface area contributed by atoms with Crippen molar-refractivity contribution in [2.75, 3.05) is 6.61 Å². The quantitative estimate of drug-likeness (QED) is 0.519.